The average molecular weight is 350 g/mol. The van der Waals surface area contributed by atoms with Crippen LogP contribution >= 0.6 is 11.6 Å². The van der Waals surface area contributed by atoms with Crippen LogP contribution in [0.1, 0.15) is 22.0 Å². The van der Waals surface area contributed by atoms with Gasteiger partial charge < -0.3 is 10.1 Å². The summed E-state index contributed by atoms with van der Waals surface area (Å²) in [5, 5.41) is 4.04. The van der Waals surface area contributed by atoms with Crippen LogP contribution in [0.2, 0.25) is 5.02 Å². The quantitative estimate of drug-likeness (QED) is 0.663. The lowest BCUT2D eigenvalue weighted by molar-refractivity contribution is 0.0802. The highest BCUT2D eigenvalue weighted by molar-refractivity contribution is 6.30. The fraction of sp³-hybridized carbons (Fsp3) is 0.0952. The van der Waals surface area contributed by atoms with Crippen molar-refractivity contribution in [3.8, 4) is 5.75 Å². The first-order chi connectivity index (χ1) is 12.2. The maximum Gasteiger partial charge on any atom is 0.205 e. The lowest BCUT2D eigenvalue weighted by Crippen LogP contribution is -2.33. The average Bonchev–Trinajstić information content (AvgIpc) is 3.01. The Morgan fingerprint density at radius 3 is 2.32 bits per heavy atom. The summed E-state index contributed by atoms with van der Waals surface area (Å²) >= 11 is 5.93. The van der Waals surface area contributed by atoms with Gasteiger partial charge in [-0.1, -0.05) is 48.0 Å². The number of hydrogen-bond donors (Lipinski definition) is 1. The van der Waals surface area contributed by atoms with Crippen LogP contribution in [-0.4, -0.2) is 11.9 Å². The van der Waals surface area contributed by atoms with Crippen LogP contribution in [0.5, 0.6) is 5.75 Å². The van der Waals surface area contributed by atoms with E-state index in [1.165, 1.54) is 0 Å². The van der Waals surface area contributed by atoms with Gasteiger partial charge in [0.05, 0.1) is 6.04 Å². The van der Waals surface area contributed by atoms with Crippen molar-refractivity contribution in [1.29, 1.82) is 0 Å². The minimum absolute atomic E-state index is 0.0682. The van der Waals surface area contributed by atoms with Gasteiger partial charge in [0.1, 0.15) is 5.75 Å². The molecule has 0 bridgehead atoms. The zero-order valence-electron chi connectivity index (χ0n) is 13.4. The summed E-state index contributed by atoms with van der Waals surface area (Å²) in [5.74, 6) is 0.671. The number of carbonyl (C=O) groups excluding carboxylic acids is 1. The van der Waals surface area contributed by atoms with Gasteiger partial charge in [-0.25, -0.2) is 0 Å². The molecular weight excluding hydrogens is 334 g/mol. The maximum atomic E-state index is 13.0. The van der Waals surface area contributed by atoms with E-state index in [9.17, 15) is 4.79 Å². The van der Waals surface area contributed by atoms with Crippen molar-refractivity contribution in [1.82, 2.24) is 0 Å². The Balaban J connectivity index is 1.68. The molecule has 0 saturated heterocycles. The summed E-state index contributed by atoms with van der Waals surface area (Å²) in [6, 6.07) is 24.2. The van der Waals surface area contributed by atoms with Gasteiger partial charge in [-0.3, -0.25) is 4.79 Å². The third-order valence-electron chi connectivity index (χ3n) is 4.29. The molecule has 0 aromatic heterocycles. The maximum absolute atomic E-state index is 13.0. The number of benzene rings is 3. The minimum Gasteiger partial charge on any atom is -0.479 e. The molecular formula is C21H16ClNO2. The lowest BCUT2D eigenvalue weighted by atomic mass is 9.96. The van der Waals surface area contributed by atoms with Crippen molar-refractivity contribution in [2.45, 2.75) is 12.1 Å². The van der Waals surface area contributed by atoms with Crippen LogP contribution in [-0.2, 0) is 0 Å². The summed E-state index contributed by atoms with van der Waals surface area (Å²) in [5.41, 5.74) is 2.52. The Hall–Kier alpha value is -2.78. The Bertz CT molecular complexity index is 893. The topological polar surface area (TPSA) is 38.3 Å². The van der Waals surface area contributed by atoms with E-state index in [0.29, 0.717) is 10.6 Å². The van der Waals surface area contributed by atoms with Gasteiger partial charge in [0.15, 0.2) is 6.10 Å². The van der Waals surface area contributed by atoms with Gasteiger partial charge >= 0.3 is 0 Å². The van der Waals surface area contributed by atoms with E-state index in [2.05, 4.69) is 5.32 Å². The number of para-hydroxylation sites is 2. The largest absolute Gasteiger partial charge is 0.479 e. The molecule has 4 heteroatoms. The first kappa shape index (κ1) is 15.7. The number of fused-ring (bicyclic) bond motifs is 1. The van der Waals surface area contributed by atoms with Gasteiger partial charge in [0.25, 0.3) is 0 Å². The molecule has 1 heterocycles. The molecule has 124 valence electrons. The van der Waals surface area contributed by atoms with Gasteiger partial charge in [-0.05, 0) is 42.5 Å². The second-order valence-corrected chi connectivity index (χ2v) is 6.37. The fourth-order valence-electron chi connectivity index (χ4n) is 3.06. The van der Waals surface area contributed by atoms with Crippen molar-refractivity contribution in [2.75, 3.05) is 5.32 Å². The van der Waals surface area contributed by atoms with Crippen molar-refractivity contribution in [3.63, 3.8) is 0 Å². The molecule has 0 spiro atoms. The standard InChI is InChI=1S/C21H16ClNO2/c22-15-12-10-14(11-13-15)20(24)21-19(23-16-6-2-1-3-7-16)17-8-4-5-9-18(17)25-21/h1-13,19,21,23H. The van der Waals surface area contributed by atoms with Crippen LogP contribution < -0.4 is 10.1 Å². The zero-order chi connectivity index (χ0) is 17.2. The molecule has 0 saturated carbocycles. The zero-order valence-corrected chi connectivity index (χ0v) is 14.1. The first-order valence-corrected chi connectivity index (χ1v) is 8.47. The van der Waals surface area contributed by atoms with Gasteiger partial charge in [0.2, 0.25) is 5.78 Å². The number of halogens is 1. The molecule has 3 nitrogen and oxygen atoms in total. The van der Waals surface area contributed by atoms with E-state index in [0.717, 1.165) is 17.0 Å². The first-order valence-electron chi connectivity index (χ1n) is 8.09. The van der Waals surface area contributed by atoms with Gasteiger partial charge in [0, 0.05) is 21.8 Å². The van der Waals surface area contributed by atoms with E-state index in [-0.39, 0.29) is 11.8 Å². The second kappa shape index (κ2) is 6.61. The van der Waals surface area contributed by atoms with Crippen LogP contribution in [0, 0.1) is 0 Å². The van der Waals surface area contributed by atoms with Gasteiger partial charge in [-0.2, -0.15) is 0 Å². The van der Waals surface area contributed by atoms with E-state index < -0.39 is 6.10 Å². The second-order valence-electron chi connectivity index (χ2n) is 5.94. The van der Waals surface area contributed by atoms with Crippen molar-refractivity contribution < 1.29 is 9.53 Å². The highest BCUT2D eigenvalue weighted by Crippen LogP contribution is 2.39. The summed E-state index contributed by atoms with van der Waals surface area (Å²) in [6.45, 7) is 0. The molecule has 1 N–H and O–H groups in total. The van der Waals surface area contributed by atoms with Crippen LogP contribution in [0.3, 0.4) is 0 Å². The number of ketones is 1. The number of ether oxygens (including phenoxy) is 1. The smallest absolute Gasteiger partial charge is 0.205 e. The molecule has 4 rings (SSSR count). The predicted molar refractivity (Wildman–Crippen MR) is 99.4 cm³/mol. The van der Waals surface area contributed by atoms with Crippen LogP contribution in [0.25, 0.3) is 0 Å². The highest BCUT2D eigenvalue weighted by Gasteiger charge is 2.39. The molecule has 0 fully saturated rings. The minimum atomic E-state index is -0.626. The Labute approximate surface area is 151 Å². The number of rotatable bonds is 4. The van der Waals surface area contributed by atoms with Crippen molar-refractivity contribution in [3.05, 3.63) is 95.0 Å². The highest BCUT2D eigenvalue weighted by atomic mass is 35.5. The Kier molecular flexibility index (Phi) is 4.16. The third kappa shape index (κ3) is 3.11. The monoisotopic (exact) mass is 349 g/mol. The van der Waals surface area contributed by atoms with E-state index >= 15 is 0 Å². The number of nitrogens with one attached hydrogen (secondary N) is 1. The molecule has 1 aliphatic rings. The predicted octanol–water partition coefficient (Wildman–Crippen LogP) is 5.14. The summed E-state index contributed by atoms with van der Waals surface area (Å²) < 4.78 is 5.99. The third-order valence-corrected chi connectivity index (χ3v) is 4.55. The van der Waals surface area contributed by atoms with Gasteiger partial charge in [-0.15, -0.1) is 0 Å². The molecule has 3 aromatic carbocycles. The summed E-state index contributed by atoms with van der Waals surface area (Å²) in [6.07, 6.45) is -0.626. The van der Waals surface area contributed by atoms with Crippen LogP contribution in [0.4, 0.5) is 5.69 Å². The molecule has 25 heavy (non-hydrogen) atoms. The SMILES string of the molecule is O=C(c1ccc(Cl)cc1)C1Oc2ccccc2C1Nc1ccccc1. The Morgan fingerprint density at radius 2 is 1.56 bits per heavy atom. The molecule has 2 unspecified atom stereocenters. The summed E-state index contributed by atoms with van der Waals surface area (Å²) in [4.78, 5) is 13.0. The normalized spacial score (nSPS) is 18.3. The molecule has 3 aromatic rings. The number of hydrogen-bond acceptors (Lipinski definition) is 3. The molecule has 0 radical (unpaired) electrons. The fourth-order valence-corrected chi connectivity index (χ4v) is 3.19. The van der Waals surface area contributed by atoms with E-state index in [1.54, 1.807) is 24.3 Å². The number of carbonyl (C=O) groups is 1. The molecule has 2 atom stereocenters. The molecule has 0 aliphatic carbocycles. The van der Waals surface area contributed by atoms with Crippen LogP contribution in [0.15, 0.2) is 78.9 Å². The number of anilines is 1. The molecule has 1 aliphatic heterocycles. The van der Waals surface area contributed by atoms with E-state index in [1.807, 2.05) is 54.6 Å². The van der Waals surface area contributed by atoms with Crippen molar-refractivity contribution in [2.24, 2.45) is 0 Å². The van der Waals surface area contributed by atoms with E-state index in [4.69, 9.17) is 16.3 Å². The Morgan fingerprint density at radius 1 is 0.880 bits per heavy atom. The summed E-state index contributed by atoms with van der Waals surface area (Å²) in [7, 11) is 0. The molecule has 0 amide bonds. The lowest BCUT2D eigenvalue weighted by Gasteiger charge is -2.20. The number of Topliss-reactive ketones (excluding diaryl/α,β-unsaturated/α-hetero) is 1. The van der Waals surface area contributed by atoms with Crippen molar-refractivity contribution >= 4 is 23.1 Å².